The molecule has 0 saturated carbocycles. The molecule has 1 N–H and O–H groups in total. The minimum absolute atomic E-state index is 0.384. The molecule has 0 spiro atoms. The van der Waals surface area contributed by atoms with E-state index in [1.165, 1.54) is 12.8 Å². The Kier molecular flexibility index (Phi) is 3.55. The van der Waals surface area contributed by atoms with Crippen LogP contribution in [0.15, 0.2) is 30.4 Å². The molecule has 0 aliphatic heterocycles. The largest absolute Gasteiger partial charge is 0.378 e. The molecule has 0 saturated heterocycles. The zero-order chi connectivity index (χ0) is 10.7. The van der Waals surface area contributed by atoms with Crippen molar-refractivity contribution in [3.8, 4) is 0 Å². The Hall–Kier alpha value is -0.660. The second-order valence-corrected chi connectivity index (χ2v) is 4.50. The summed E-state index contributed by atoms with van der Waals surface area (Å²) in [4.78, 5) is 0. The normalized spacial score (nSPS) is 20.3. The Balaban J connectivity index is 2.13. The Morgan fingerprint density at radius 1 is 1.27 bits per heavy atom. The van der Waals surface area contributed by atoms with Gasteiger partial charge < -0.3 is 5.32 Å². The number of nitrogens with one attached hydrogen (secondary N) is 1. The summed E-state index contributed by atoms with van der Waals surface area (Å²) in [7, 11) is 0. The molecule has 1 aliphatic carbocycles. The fourth-order valence-electron chi connectivity index (χ4n) is 1.75. The summed E-state index contributed by atoms with van der Waals surface area (Å²) < 4.78 is 0. The molecular weight excluding hydrogens is 229 g/mol. The molecule has 0 fully saturated rings. The molecule has 0 radical (unpaired) electrons. The van der Waals surface area contributed by atoms with Gasteiger partial charge in [-0.25, -0.2) is 0 Å². The molecule has 1 aromatic carbocycles. The highest BCUT2D eigenvalue weighted by atomic mass is 35.5. The summed E-state index contributed by atoms with van der Waals surface area (Å²) in [6, 6.07) is 6.04. The van der Waals surface area contributed by atoms with Gasteiger partial charge in [-0.2, -0.15) is 0 Å². The minimum Gasteiger partial charge on any atom is -0.378 e. The van der Waals surface area contributed by atoms with Crippen molar-refractivity contribution in [3.05, 3.63) is 40.4 Å². The third-order valence-corrected chi connectivity index (χ3v) is 3.37. The van der Waals surface area contributed by atoms with Crippen LogP contribution in [0, 0.1) is 0 Å². The van der Waals surface area contributed by atoms with E-state index in [2.05, 4.69) is 17.5 Å². The van der Waals surface area contributed by atoms with Crippen LogP contribution in [-0.2, 0) is 0 Å². The van der Waals surface area contributed by atoms with Crippen LogP contribution >= 0.6 is 23.2 Å². The minimum atomic E-state index is 0.384. The molecule has 0 heterocycles. The summed E-state index contributed by atoms with van der Waals surface area (Å²) in [5.74, 6) is 0. The second kappa shape index (κ2) is 4.91. The maximum absolute atomic E-state index is 6.09. The fraction of sp³-hybridized carbons (Fsp3) is 0.333. The summed E-state index contributed by atoms with van der Waals surface area (Å²) >= 11 is 12.0. The van der Waals surface area contributed by atoms with Gasteiger partial charge in [0.1, 0.15) is 0 Å². The quantitative estimate of drug-likeness (QED) is 0.752. The zero-order valence-electron chi connectivity index (χ0n) is 8.34. The Morgan fingerprint density at radius 3 is 2.87 bits per heavy atom. The highest BCUT2D eigenvalue weighted by Crippen LogP contribution is 2.30. The van der Waals surface area contributed by atoms with E-state index >= 15 is 0 Å². The lowest BCUT2D eigenvalue weighted by atomic mass is 10.0. The number of hydrogen-bond acceptors (Lipinski definition) is 1. The molecule has 1 unspecified atom stereocenters. The SMILES string of the molecule is Clc1cccc(NC2C=CCCC2)c1Cl. The number of hydrogen-bond donors (Lipinski definition) is 1. The van der Waals surface area contributed by atoms with Gasteiger partial charge in [-0.1, -0.05) is 41.4 Å². The fourth-order valence-corrected chi connectivity index (χ4v) is 2.10. The lowest BCUT2D eigenvalue weighted by Crippen LogP contribution is -2.18. The van der Waals surface area contributed by atoms with Gasteiger partial charge in [-0.15, -0.1) is 0 Å². The van der Waals surface area contributed by atoms with Gasteiger partial charge in [-0.05, 0) is 31.4 Å². The number of anilines is 1. The van der Waals surface area contributed by atoms with Gasteiger partial charge in [0.05, 0.1) is 15.7 Å². The van der Waals surface area contributed by atoms with Crippen LogP contribution in [0.3, 0.4) is 0 Å². The monoisotopic (exact) mass is 241 g/mol. The average molecular weight is 242 g/mol. The average Bonchev–Trinajstić information content (AvgIpc) is 2.26. The van der Waals surface area contributed by atoms with E-state index in [0.717, 1.165) is 12.1 Å². The highest BCUT2D eigenvalue weighted by Gasteiger charge is 2.10. The van der Waals surface area contributed by atoms with Crippen LogP contribution < -0.4 is 5.32 Å². The second-order valence-electron chi connectivity index (χ2n) is 3.71. The zero-order valence-corrected chi connectivity index (χ0v) is 9.85. The molecule has 1 atom stereocenters. The molecular formula is C12H13Cl2N. The molecule has 0 amide bonds. The van der Waals surface area contributed by atoms with E-state index in [1.807, 2.05) is 12.1 Å². The predicted molar refractivity (Wildman–Crippen MR) is 66.9 cm³/mol. The van der Waals surface area contributed by atoms with Gasteiger partial charge in [0, 0.05) is 6.04 Å². The van der Waals surface area contributed by atoms with Crippen molar-refractivity contribution in [1.29, 1.82) is 0 Å². The lowest BCUT2D eigenvalue weighted by molar-refractivity contribution is 0.674. The van der Waals surface area contributed by atoms with E-state index in [0.29, 0.717) is 16.1 Å². The van der Waals surface area contributed by atoms with Crippen LogP contribution in [0.2, 0.25) is 10.0 Å². The van der Waals surface area contributed by atoms with Gasteiger partial charge in [0.25, 0.3) is 0 Å². The predicted octanol–water partition coefficient (Wildman–Crippen LogP) is 4.51. The molecule has 0 bridgehead atoms. The third kappa shape index (κ3) is 2.67. The smallest absolute Gasteiger partial charge is 0.0823 e. The van der Waals surface area contributed by atoms with Crippen molar-refractivity contribution >= 4 is 28.9 Å². The van der Waals surface area contributed by atoms with E-state index < -0.39 is 0 Å². The van der Waals surface area contributed by atoms with Crippen molar-refractivity contribution in [2.45, 2.75) is 25.3 Å². The van der Waals surface area contributed by atoms with Crippen LogP contribution in [0.25, 0.3) is 0 Å². The molecule has 1 aliphatic rings. The van der Waals surface area contributed by atoms with Crippen LogP contribution in [0.5, 0.6) is 0 Å². The maximum Gasteiger partial charge on any atom is 0.0823 e. The maximum atomic E-state index is 6.09. The molecule has 15 heavy (non-hydrogen) atoms. The summed E-state index contributed by atoms with van der Waals surface area (Å²) in [5.41, 5.74) is 0.917. The highest BCUT2D eigenvalue weighted by molar-refractivity contribution is 6.43. The van der Waals surface area contributed by atoms with Crippen molar-refractivity contribution in [2.24, 2.45) is 0 Å². The number of rotatable bonds is 2. The first kappa shape index (κ1) is 10.8. The van der Waals surface area contributed by atoms with Gasteiger partial charge >= 0.3 is 0 Å². The van der Waals surface area contributed by atoms with Crippen LogP contribution in [0.4, 0.5) is 5.69 Å². The van der Waals surface area contributed by atoms with E-state index in [-0.39, 0.29) is 0 Å². The van der Waals surface area contributed by atoms with E-state index in [4.69, 9.17) is 23.2 Å². The van der Waals surface area contributed by atoms with Crippen molar-refractivity contribution in [2.75, 3.05) is 5.32 Å². The summed E-state index contributed by atoms with van der Waals surface area (Å²) in [6.45, 7) is 0. The van der Waals surface area contributed by atoms with Crippen LogP contribution in [0.1, 0.15) is 19.3 Å². The third-order valence-electron chi connectivity index (χ3n) is 2.55. The van der Waals surface area contributed by atoms with Crippen molar-refractivity contribution < 1.29 is 0 Å². The number of halogens is 2. The standard InChI is InChI=1S/C12H13Cl2N/c13-10-7-4-8-11(12(10)14)15-9-5-2-1-3-6-9/h2,4-5,7-9,15H,1,3,6H2. The summed E-state index contributed by atoms with van der Waals surface area (Å²) in [5, 5.41) is 4.59. The number of allylic oxidation sites excluding steroid dienone is 1. The molecule has 2 rings (SSSR count). The van der Waals surface area contributed by atoms with E-state index in [1.54, 1.807) is 6.07 Å². The Morgan fingerprint density at radius 2 is 2.13 bits per heavy atom. The van der Waals surface area contributed by atoms with Crippen molar-refractivity contribution in [3.63, 3.8) is 0 Å². The number of benzene rings is 1. The van der Waals surface area contributed by atoms with Crippen molar-refractivity contribution in [1.82, 2.24) is 0 Å². The lowest BCUT2D eigenvalue weighted by Gasteiger charge is -2.20. The van der Waals surface area contributed by atoms with Gasteiger partial charge in [0.15, 0.2) is 0 Å². The molecule has 1 aromatic rings. The molecule has 3 heteroatoms. The Bertz CT molecular complexity index is 374. The first-order valence-corrected chi connectivity index (χ1v) is 5.90. The topological polar surface area (TPSA) is 12.0 Å². The van der Waals surface area contributed by atoms with Gasteiger partial charge in [0.2, 0.25) is 0 Å². The molecule has 1 nitrogen and oxygen atoms in total. The summed E-state index contributed by atoms with van der Waals surface area (Å²) in [6.07, 6.45) is 7.97. The first-order valence-electron chi connectivity index (χ1n) is 5.14. The first-order chi connectivity index (χ1) is 7.27. The molecule has 0 aromatic heterocycles. The van der Waals surface area contributed by atoms with Gasteiger partial charge in [-0.3, -0.25) is 0 Å². The van der Waals surface area contributed by atoms with E-state index in [9.17, 15) is 0 Å². The van der Waals surface area contributed by atoms with Crippen LogP contribution in [-0.4, -0.2) is 6.04 Å². The Labute approximate surface area is 100 Å². The molecule has 80 valence electrons.